The van der Waals surface area contributed by atoms with Gasteiger partial charge in [-0.05, 0) is 12.5 Å². The topological polar surface area (TPSA) is 113 Å². The fraction of sp³-hybridized carbons (Fsp3) is 0.250. The van der Waals surface area contributed by atoms with Crippen molar-refractivity contribution < 1.29 is 14.3 Å². The largest absolute Gasteiger partial charge is 0.492 e. The Morgan fingerprint density at radius 3 is 2.93 bits per heavy atom. The number of ether oxygens (including phenoxy) is 1. The van der Waals surface area contributed by atoms with E-state index in [1.807, 2.05) is 30.3 Å². The zero-order valence-corrected chi connectivity index (χ0v) is 16.3. The molecule has 29 heavy (non-hydrogen) atoms. The van der Waals surface area contributed by atoms with Crippen LogP contribution in [0.3, 0.4) is 0 Å². The summed E-state index contributed by atoms with van der Waals surface area (Å²) >= 11 is 0. The van der Waals surface area contributed by atoms with Crippen molar-refractivity contribution in [3.05, 3.63) is 71.8 Å². The molecule has 3 rings (SSSR count). The van der Waals surface area contributed by atoms with Crippen LogP contribution in [0.15, 0.2) is 59.6 Å². The number of rotatable bonds is 6. The number of amides is 2. The highest BCUT2D eigenvalue weighted by Gasteiger charge is 2.31. The maximum atomic E-state index is 12.7. The number of hydrogen-bond acceptors (Lipinski definition) is 6. The number of hydrogen-bond donors (Lipinski definition) is 2. The first-order valence-electron chi connectivity index (χ1n) is 9.02. The molecule has 9 heteroatoms. The fourth-order valence-electron chi connectivity index (χ4n) is 2.81. The molecular weight excluding hydrogens is 372 g/mol. The van der Waals surface area contributed by atoms with Gasteiger partial charge in [-0.15, -0.1) is 5.10 Å². The highest BCUT2D eigenvalue weighted by molar-refractivity contribution is 5.95. The van der Waals surface area contributed by atoms with Crippen molar-refractivity contribution in [1.82, 2.24) is 25.4 Å². The van der Waals surface area contributed by atoms with E-state index in [1.165, 1.54) is 17.2 Å². The molecular formula is C20H22N6O3. The van der Waals surface area contributed by atoms with Gasteiger partial charge in [0, 0.05) is 19.7 Å². The smallest absolute Gasteiger partial charge is 0.291 e. The number of aliphatic imine (C=N–C) groups is 1. The number of nitrogens with one attached hydrogen (secondary N) is 2. The Kier molecular flexibility index (Phi) is 6.18. The molecule has 1 aliphatic heterocycles. The molecule has 2 amide bonds. The summed E-state index contributed by atoms with van der Waals surface area (Å²) in [4.78, 5) is 35.0. The second kappa shape index (κ2) is 8.96. The molecule has 1 aliphatic rings. The van der Waals surface area contributed by atoms with Crippen molar-refractivity contribution in [2.75, 3.05) is 13.7 Å². The van der Waals surface area contributed by atoms with Crippen LogP contribution in [0.1, 0.15) is 28.9 Å². The monoisotopic (exact) mass is 394 g/mol. The first-order chi connectivity index (χ1) is 14.0. The van der Waals surface area contributed by atoms with E-state index in [0.717, 1.165) is 5.56 Å². The number of carbonyl (C=O) groups excluding carboxylic acids is 2. The molecule has 2 aromatic rings. The summed E-state index contributed by atoms with van der Waals surface area (Å²) in [5.74, 6) is 0.428. The summed E-state index contributed by atoms with van der Waals surface area (Å²) in [7, 11) is 1.57. The molecule has 1 aromatic heterocycles. The van der Waals surface area contributed by atoms with E-state index in [4.69, 9.17) is 4.74 Å². The third-order valence-corrected chi connectivity index (χ3v) is 4.28. The fourth-order valence-corrected chi connectivity index (χ4v) is 2.81. The van der Waals surface area contributed by atoms with Crippen molar-refractivity contribution in [2.24, 2.45) is 4.99 Å². The number of aromatic nitrogens is 3. The van der Waals surface area contributed by atoms with Gasteiger partial charge in [0.25, 0.3) is 11.8 Å². The number of carbonyl (C=O) groups is 2. The highest BCUT2D eigenvalue weighted by atomic mass is 16.5. The van der Waals surface area contributed by atoms with Crippen molar-refractivity contribution in [3.8, 4) is 0 Å². The lowest BCUT2D eigenvalue weighted by Gasteiger charge is -2.20. The van der Waals surface area contributed by atoms with E-state index in [1.54, 1.807) is 14.0 Å². The number of H-pyrrole nitrogens is 1. The maximum absolute atomic E-state index is 12.7. The average molecular weight is 394 g/mol. The number of nitrogens with zero attached hydrogens (tertiary/aromatic N) is 4. The van der Waals surface area contributed by atoms with Crippen molar-refractivity contribution >= 4 is 18.0 Å². The summed E-state index contributed by atoms with van der Waals surface area (Å²) in [6, 6.07) is 8.81. The van der Waals surface area contributed by atoms with Crippen LogP contribution >= 0.6 is 0 Å². The molecule has 0 aliphatic carbocycles. The third kappa shape index (κ3) is 4.75. The molecule has 0 radical (unpaired) electrons. The predicted octanol–water partition coefficient (Wildman–Crippen LogP) is 1.43. The molecule has 0 saturated carbocycles. The Bertz CT molecular complexity index is 964. The number of aromatic amines is 1. The van der Waals surface area contributed by atoms with Crippen molar-refractivity contribution in [2.45, 2.75) is 19.4 Å². The van der Waals surface area contributed by atoms with Crippen molar-refractivity contribution in [3.63, 3.8) is 0 Å². The quantitative estimate of drug-likeness (QED) is 0.720. The molecule has 9 nitrogen and oxygen atoms in total. The van der Waals surface area contributed by atoms with Crippen LogP contribution in [0.25, 0.3) is 0 Å². The van der Waals surface area contributed by atoms with Gasteiger partial charge in [-0.25, -0.2) is 9.98 Å². The van der Waals surface area contributed by atoms with E-state index in [-0.39, 0.29) is 18.3 Å². The Balaban J connectivity index is 1.67. The van der Waals surface area contributed by atoms with Gasteiger partial charge >= 0.3 is 0 Å². The van der Waals surface area contributed by atoms with Crippen LogP contribution in [0.4, 0.5) is 0 Å². The number of allylic oxidation sites excluding steroid dienone is 2. The SMILES string of the molecule is C=CC=NC1=C(C)OC[C@H](NC(=O)c2n[nH]c(Cc3ccccc3)n2)C(=O)N1C. The minimum atomic E-state index is -0.894. The molecule has 0 bridgehead atoms. The molecule has 1 aromatic carbocycles. The minimum Gasteiger partial charge on any atom is -0.492 e. The average Bonchev–Trinajstić information content (AvgIpc) is 3.16. The van der Waals surface area contributed by atoms with Crippen LogP contribution in [-0.4, -0.2) is 57.8 Å². The van der Waals surface area contributed by atoms with E-state index in [9.17, 15) is 9.59 Å². The molecule has 0 spiro atoms. The summed E-state index contributed by atoms with van der Waals surface area (Å²) < 4.78 is 5.59. The molecule has 2 heterocycles. The van der Waals surface area contributed by atoms with E-state index in [2.05, 4.69) is 32.1 Å². The van der Waals surface area contributed by atoms with E-state index < -0.39 is 11.9 Å². The van der Waals surface area contributed by atoms with Gasteiger partial charge < -0.3 is 10.1 Å². The van der Waals surface area contributed by atoms with Gasteiger partial charge in [0.2, 0.25) is 5.82 Å². The van der Waals surface area contributed by atoms with Gasteiger partial charge in [0.15, 0.2) is 5.82 Å². The summed E-state index contributed by atoms with van der Waals surface area (Å²) in [6.45, 7) is 5.25. The molecule has 1 atom stereocenters. The van der Waals surface area contributed by atoms with Crippen LogP contribution in [0.5, 0.6) is 0 Å². The van der Waals surface area contributed by atoms with Crippen LogP contribution in [0, 0.1) is 0 Å². The first kappa shape index (κ1) is 20.0. The second-order valence-corrected chi connectivity index (χ2v) is 6.40. The van der Waals surface area contributed by atoms with Gasteiger partial charge in [-0.2, -0.15) is 0 Å². The zero-order chi connectivity index (χ0) is 20.8. The summed E-state index contributed by atoms with van der Waals surface area (Å²) in [6.07, 6.45) is 3.48. The van der Waals surface area contributed by atoms with Crippen LogP contribution in [0.2, 0.25) is 0 Å². The molecule has 2 N–H and O–H groups in total. The molecule has 0 fully saturated rings. The Morgan fingerprint density at radius 1 is 1.45 bits per heavy atom. The Labute approximate surface area is 168 Å². The third-order valence-electron chi connectivity index (χ3n) is 4.28. The second-order valence-electron chi connectivity index (χ2n) is 6.40. The van der Waals surface area contributed by atoms with Gasteiger partial charge in [0.05, 0.1) is 0 Å². The maximum Gasteiger partial charge on any atom is 0.291 e. The summed E-state index contributed by atoms with van der Waals surface area (Å²) in [5, 5.41) is 9.34. The molecule has 0 saturated heterocycles. The standard InChI is InChI=1S/C20H22N6O3/c1-4-10-21-18-13(2)29-12-15(20(28)26(18)3)22-19(27)17-23-16(24-25-17)11-14-8-6-5-7-9-14/h4-10,15H,1,11-12H2,2-3H3,(H,22,27)(H,23,24,25)/t15-/m0/s1. The zero-order valence-electron chi connectivity index (χ0n) is 16.3. The van der Waals surface area contributed by atoms with Crippen molar-refractivity contribution in [1.29, 1.82) is 0 Å². The summed E-state index contributed by atoms with van der Waals surface area (Å²) in [5.41, 5.74) is 1.04. The number of benzene rings is 1. The molecule has 150 valence electrons. The molecule has 0 unspecified atom stereocenters. The lowest BCUT2D eigenvalue weighted by atomic mass is 10.1. The van der Waals surface area contributed by atoms with E-state index >= 15 is 0 Å². The first-order valence-corrected chi connectivity index (χ1v) is 9.02. The van der Waals surface area contributed by atoms with Gasteiger partial charge in [-0.1, -0.05) is 43.0 Å². The number of likely N-dealkylation sites (N-methyl/N-ethyl adjacent to an activating group) is 1. The normalized spacial score (nSPS) is 17.2. The Morgan fingerprint density at radius 2 is 2.21 bits per heavy atom. The van der Waals surface area contributed by atoms with Gasteiger partial charge in [0.1, 0.15) is 24.2 Å². The van der Waals surface area contributed by atoms with Crippen LogP contribution in [-0.2, 0) is 16.0 Å². The van der Waals surface area contributed by atoms with E-state index in [0.29, 0.717) is 23.8 Å². The van der Waals surface area contributed by atoms with Crippen LogP contribution < -0.4 is 5.32 Å². The predicted molar refractivity (Wildman–Crippen MR) is 107 cm³/mol. The highest BCUT2D eigenvalue weighted by Crippen LogP contribution is 2.17. The Hall–Kier alpha value is -3.75. The minimum absolute atomic E-state index is 0.0187. The lowest BCUT2D eigenvalue weighted by Crippen LogP contribution is -2.48. The van der Waals surface area contributed by atoms with Gasteiger partial charge in [-0.3, -0.25) is 19.6 Å². The lowest BCUT2D eigenvalue weighted by molar-refractivity contribution is -0.130.